The van der Waals surface area contributed by atoms with E-state index in [0.29, 0.717) is 23.7 Å². The number of carbonyl (C=O) groups is 1. The molecule has 1 atom stereocenters. The molecule has 6 nitrogen and oxygen atoms in total. The molecule has 7 heteroatoms. The van der Waals surface area contributed by atoms with Crippen LogP contribution in [0.2, 0.25) is 0 Å². The Hall–Kier alpha value is -1.60. The highest BCUT2D eigenvalue weighted by atomic mass is 32.2. The Bertz CT molecular complexity index is 597. The summed E-state index contributed by atoms with van der Waals surface area (Å²) >= 11 is 1.76. The zero-order valence-corrected chi connectivity index (χ0v) is 17.9. The monoisotopic (exact) mass is 396 g/mol. The molecule has 1 aromatic carbocycles. The zero-order valence-electron chi connectivity index (χ0n) is 17.1. The van der Waals surface area contributed by atoms with Crippen molar-refractivity contribution in [1.82, 2.24) is 9.80 Å². The molecule has 1 aliphatic rings. The van der Waals surface area contributed by atoms with Gasteiger partial charge in [0, 0.05) is 30.9 Å². The molecule has 0 saturated carbocycles. The lowest BCUT2D eigenvalue weighted by Gasteiger charge is -2.37. The first kappa shape index (κ1) is 21.7. The third-order valence-corrected chi connectivity index (χ3v) is 6.21. The molecule has 1 aromatic rings. The average Bonchev–Trinajstić information content (AvgIpc) is 2.71. The van der Waals surface area contributed by atoms with E-state index in [1.165, 1.54) is 0 Å². The van der Waals surface area contributed by atoms with Gasteiger partial charge in [0.1, 0.15) is 22.6 Å². The average molecular weight is 397 g/mol. The highest BCUT2D eigenvalue weighted by Crippen LogP contribution is 2.47. The molecule has 1 aliphatic heterocycles. The number of ether oxygens (including phenoxy) is 3. The first-order valence-electron chi connectivity index (χ1n) is 9.52. The molecule has 0 spiro atoms. The van der Waals surface area contributed by atoms with Gasteiger partial charge < -0.3 is 24.0 Å². The largest absolute Gasteiger partial charge is 0.496 e. The summed E-state index contributed by atoms with van der Waals surface area (Å²) in [4.78, 5) is 17.1. The molecular weight excluding hydrogens is 364 g/mol. The number of nitrogens with zero attached hydrogens (tertiary/aromatic N) is 2. The van der Waals surface area contributed by atoms with Gasteiger partial charge >= 0.3 is 0 Å². The molecule has 0 N–H and O–H groups in total. The molecule has 1 amide bonds. The normalized spacial score (nSPS) is 17.3. The molecule has 1 saturated heterocycles. The van der Waals surface area contributed by atoms with Gasteiger partial charge in [-0.05, 0) is 26.1 Å². The highest BCUT2D eigenvalue weighted by molar-refractivity contribution is 7.99. The quantitative estimate of drug-likeness (QED) is 0.604. The Balaban J connectivity index is 2.29. The molecule has 0 aromatic heterocycles. The Morgan fingerprint density at radius 2 is 1.74 bits per heavy atom. The van der Waals surface area contributed by atoms with E-state index in [4.69, 9.17) is 14.2 Å². The van der Waals surface area contributed by atoms with Crippen LogP contribution in [0.15, 0.2) is 12.1 Å². The van der Waals surface area contributed by atoms with Crippen molar-refractivity contribution in [2.75, 3.05) is 53.3 Å². The van der Waals surface area contributed by atoms with Crippen LogP contribution in [0.5, 0.6) is 17.2 Å². The van der Waals surface area contributed by atoms with Gasteiger partial charge in [0.2, 0.25) is 5.91 Å². The van der Waals surface area contributed by atoms with Crippen LogP contribution >= 0.6 is 11.8 Å². The van der Waals surface area contributed by atoms with Crippen LogP contribution in [0.4, 0.5) is 0 Å². The number of rotatable bonds is 10. The van der Waals surface area contributed by atoms with Gasteiger partial charge in [-0.1, -0.05) is 13.8 Å². The molecule has 1 unspecified atom stereocenters. The van der Waals surface area contributed by atoms with Crippen LogP contribution < -0.4 is 14.2 Å². The molecule has 27 heavy (non-hydrogen) atoms. The minimum absolute atomic E-state index is 0.112. The fourth-order valence-electron chi connectivity index (χ4n) is 3.38. The molecule has 2 rings (SSSR count). The Morgan fingerprint density at radius 3 is 2.26 bits per heavy atom. The third-order valence-electron chi connectivity index (χ3n) is 4.96. The molecule has 152 valence electrons. The number of amides is 1. The topological polar surface area (TPSA) is 51.2 Å². The second-order valence-corrected chi connectivity index (χ2v) is 7.57. The number of methoxy groups -OCH3 is 3. The summed E-state index contributed by atoms with van der Waals surface area (Å²) in [7, 11) is 4.89. The van der Waals surface area contributed by atoms with Gasteiger partial charge in [0.25, 0.3) is 0 Å². The second-order valence-electron chi connectivity index (χ2n) is 6.39. The van der Waals surface area contributed by atoms with E-state index in [9.17, 15) is 4.79 Å². The summed E-state index contributed by atoms with van der Waals surface area (Å²) in [6, 6.07) is 3.71. The molecule has 1 fully saturated rings. The first-order valence-corrected chi connectivity index (χ1v) is 10.6. The van der Waals surface area contributed by atoms with Crippen molar-refractivity contribution >= 4 is 17.7 Å². The van der Waals surface area contributed by atoms with E-state index in [0.717, 1.165) is 43.9 Å². The van der Waals surface area contributed by atoms with Crippen LogP contribution in [0, 0.1) is 0 Å². The number of hydrogen-bond donors (Lipinski definition) is 0. The van der Waals surface area contributed by atoms with Crippen LogP contribution in [0.3, 0.4) is 0 Å². The van der Waals surface area contributed by atoms with Crippen molar-refractivity contribution in [2.24, 2.45) is 0 Å². The molecule has 0 bridgehead atoms. The van der Waals surface area contributed by atoms with Gasteiger partial charge in [0.15, 0.2) is 0 Å². The van der Waals surface area contributed by atoms with E-state index in [1.54, 1.807) is 33.1 Å². The van der Waals surface area contributed by atoms with Crippen LogP contribution in [0.1, 0.15) is 37.6 Å². The SMILES string of the molecule is CCN(CC)CCCN1C(=O)CCSC1c1c(OC)cc(OC)cc1OC. The summed E-state index contributed by atoms with van der Waals surface area (Å²) in [5.74, 6) is 3.04. The zero-order chi connectivity index (χ0) is 19.8. The summed E-state index contributed by atoms with van der Waals surface area (Å²) in [6.45, 7) is 8.12. The van der Waals surface area contributed by atoms with Crippen LogP contribution in [-0.4, -0.2) is 69.0 Å². The fourth-order valence-corrected chi connectivity index (χ4v) is 4.70. The standard InChI is InChI=1S/C20H32N2O4S/c1-6-21(7-2)10-8-11-22-18(23)9-12-27-20(22)19-16(25-4)13-15(24-3)14-17(19)26-5/h13-14,20H,6-12H2,1-5H3. The molecule has 0 radical (unpaired) electrons. The fraction of sp³-hybridized carbons (Fsp3) is 0.650. The van der Waals surface area contributed by atoms with E-state index < -0.39 is 0 Å². The van der Waals surface area contributed by atoms with Gasteiger partial charge in [-0.2, -0.15) is 0 Å². The lowest BCUT2D eigenvalue weighted by molar-refractivity contribution is -0.132. The van der Waals surface area contributed by atoms with Crippen LogP contribution in [0.25, 0.3) is 0 Å². The van der Waals surface area contributed by atoms with Crippen molar-refractivity contribution in [3.05, 3.63) is 17.7 Å². The minimum Gasteiger partial charge on any atom is -0.496 e. The molecule has 0 aliphatic carbocycles. The molecular formula is C20H32N2O4S. The number of hydrogen-bond acceptors (Lipinski definition) is 6. The maximum Gasteiger partial charge on any atom is 0.224 e. The van der Waals surface area contributed by atoms with Crippen molar-refractivity contribution in [3.8, 4) is 17.2 Å². The van der Waals surface area contributed by atoms with Gasteiger partial charge in [0.05, 0.1) is 26.9 Å². The number of thioether (sulfide) groups is 1. The van der Waals surface area contributed by atoms with Crippen molar-refractivity contribution in [2.45, 2.75) is 32.1 Å². The molecule has 1 heterocycles. The maximum atomic E-state index is 12.7. The van der Waals surface area contributed by atoms with E-state index >= 15 is 0 Å². The van der Waals surface area contributed by atoms with Crippen molar-refractivity contribution in [3.63, 3.8) is 0 Å². The van der Waals surface area contributed by atoms with Crippen molar-refractivity contribution < 1.29 is 19.0 Å². The summed E-state index contributed by atoms with van der Waals surface area (Å²) in [5, 5.41) is -0.112. The van der Waals surface area contributed by atoms with E-state index in [-0.39, 0.29) is 11.3 Å². The lowest BCUT2D eigenvalue weighted by Crippen LogP contribution is -2.39. The Morgan fingerprint density at radius 1 is 1.11 bits per heavy atom. The number of benzene rings is 1. The van der Waals surface area contributed by atoms with Gasteiger partial charge in [-0.15, -0.1) is 11.8 Å². The number of carbonyl (C=O) groups excluding carboxylic acids is 1. The Labute approximate surface area is 167 Å². The highest BCUT2D eigenvalue weighted by Gasteiger charge is 2.34. The lowest BCUT2D eigenvalue weighted by atomic mass is 10.1. The van der Waals surface area contributed by atoms with Gasteiger partial charge in [-0.25, -0.2) is 0 Å². The van der Waals surface area contributed by atoms with E-state index in [1.807, 2.05) is 17.0 Å². The predicted octanol–water partition coefficient (Wildman–Crippen LogP) is 3.41. The van der Waals surface area contributed by atoms with Crippen molar-refractivity contribution in [1.29, 1.82) is 0 Å². The smallest absolute Gasteiger partial charge is 0.224 e. The first-order chi connectivity index (χ1) is 13.1. The maximum absolute atomic E-state index is 12.7. The summed E-state index contributed by atoms with van der Waals surface area (Å²) in [6.07, 6.45) is 1.53. The summed E-state index contributed by atoms with van der Waals surface area (Å²) in [5.41, 5.74) is 0.904. The van der Waals surface area contributed by atoms with Crippen LogP contribution in [-0.2, 0) is 4.79 Å². The predicted molar refractivity (Wildman–Crippen MR) is 110 cm³/mol. The summed E-state index contributed by atoms with van der Waals surface area (Å²) < 4.78 is 16.6. The minimum atomic E-state index is -0.112. The third kappa shape index (κ3) is 5.23. The second kappa shape index (κ2) is 10.7. The van der Waals surface area contributed by atoms with Gasteiger partial charge in [-0.3, -0.25) is 4.79 Å². The Kier molecular flexibility index (Phi) is 8.57. The van der Waals surface area contributed by atoms with E-state index in [2.05, 4.69) is 18.7 Å².